The van der Waals surface area contributed by atoms with Crippen molar-refractivity contribution in [2.24, 2.45) is 0 Å². The molecule has 9 heteroatoms. The highest BCUT2D eigenvalue weighted by Gasteiger charge is 2.27. The van der Waals surface area contributed by atoms with Crippen LogP contribution < -0.4 is 10.6 Å². The van der Waals surface area contributed by atoms with Gasteiger partial charge in [0, 0.05) is 31.7 Å². The van der Waals surface area contributed by atoms with Gasteiger partial charge in [-0.25, -0.2) is 9.07 Å². The maximum atomic E-state index is 13.6. The van der Waals surface area contributed by atoms with Crippen LogP contribution in [0.4, 0.5) is 10.2 Å². The van der Waals surface area contributed by atoms with Gasteiger partial charge in [0.2, 0.25) is 5.91 Å². The van der Waals surface area contributed by atoms with Gasteiger partial charge in [-0.1, -0.05) is 12.1 Å². The fourth-order valence-corrected chi connectivity index (χ4v) is 3.44. The number of hydrogen-bond donors (Lipinski definition) is 2. The third kappa shape index (κ3) is 6.40. The molecule has 0 bridgehead atoms. The lowest BCUT2D eigenvalue weighted by atomic mass is 10.0. The average molecular weight is 446 g/mol. The van der Waals surface area contributed by atoms with Crippen molar-refractivity contribution in [1.29, 1.82) is 0 Å². The minimum absolute atomic E-state index is 0. The Labute approximate surface area is 184 Å². The number of aryl methyl sites for hydroxylation is 1. The molecule has 29 heavy (non-hydrogen) atoms. The van der Waals surface area contributed by atoms with Gasteiger partial charge < -0.3 is 10.6 Å². The third-order valence-corrected chi connectivity index (χ3v) is 4.67. The van der Waals surface area contributed by atoms with Crippen LogP contribution in [0.5, 0.6) is 0 Å². The summed E-state index contributed by atoms with van der Waals surface area (Å²) < 4.78 is 15.5. The number of nitrogens with one attached hydrogen (secondary N) is 2. The fourth-order valence-electron chi connectivity index (χ4n) is 3.44. The molecule has 3 rings (SSSR count). The van der Waals surface area contributed by atoms with E-state index in [2.05, 4.69) is 20.6 Å². The van der Waals surface area contributed by atoms with E-state index < -0.39 is 0 Å². The summed E-state index contributed by atoms with van der Waals surface area (Å²) in [4.78, 5) is 14.8. The Morgan fingerprint density at radius 3 is 2.69 bits per heavy atom. The number of halogens is 3. The molecule has 1 amide bonds. The van der Waals surface area contributed by atoms with Gasteiger partial charge in [0.25, 0.3) is 0 Å². The molecule has 1 aromatic heterocycles. The van der Waals surface area contributed by atoms with Crippen LogP contribution in [0.3, 0.4) is 0 Å². The first-order chi connectivity index (χ1) is 12.7. The van der Waals surface area contributed by atoms with Gasteiger partial charge in [-0.3, -0.25) is 9.69 Å². The highest BCUT2D eigenvalue weighted by atomic mass is 35.5. The molecule has 2 heterocycles. The van der Waals surface area contributed by atoms with Crippen LogP contribution in [-0.4, -0.2) is 46.8 Å². The summed E-state index contributed by atoms with van der Waals surface area (Å²) in [6, 6.07) is 8.44. The monoisotopic (exact) mass is 445 g/mol. The molecule has 2 aromatic rings. The molecular weight excluding hydrogens is 416 g/mol. The zero-order chi connectivity index (χ0) is 19.6. The number of carbonyl (C=O) groups excluding carboxylic acids is 1. The first kappa shape index (κ1) is 25.4. The average Bonchev–Trinajstić information content (AvgIpc) is 2.96. The molecule has 1 saturated heterocycles. The summed E-state index contributed by atoms with van der Waals surface area (Å²) >= 11 is 0. The van der Waals surface area contributed by atoms with Gasteiger partial charge in [-0.2, -0.15) is 5.10 Å². The van der Waals surface area contributed by atoms with Crippen LogP contribution in [0, 0.1) is 12.7 Å². The minimum atomic E-state index is -0.257. The Morgan fingerprint density at radius 2 is 2.03 bits per heavy atom. The van der Waals surface area contributed by atoms with Crippen LogP contribution in [-0.2, 0) is 10.3 Å². The van der Waals surface area contributed by atoms with Crippen LogP contribution >= 0.6 is 24.8 Å². The van der Waals surface area contributed by atoms with Crippen molar-refractivity contribution < 1.29 is 9.18 Å². The lowest BCUT2D eigenvalue weighted by Crippen LogP contribution is -2.48. The highest BCUT2D eigenvalue weighted by molar-refractivity contribution is 5.91. The Bertz CT molecular complexity index is 821. The van der Waals surface area contributed by atoms with Crippen molar-refractivity contribution in [3.05, 3.63) is 47.4 Å². The molecule has 1 fully saturated rings. The third-order valence-electron chi connectivity index (χ3n) is 4.67. The fraction of sp³-hybridized carbons (Fsp3) is 0.500. The SMILES string of the molecule is Cc1cc(NC(=O)CN2CCNCC2c2cccc(F)c2)n(C(C)(C)C)n1.Cl.Cl. The highest BCUT2D eigenvalue weighted by Crippen LogP contribution is 2.24. The van der Waals surface area contributed by atoms with Gasteiger partial charge in [-0.05, 0) is 45.4 Å². The number of rotatable bonds is 4. The first-order valence-electron chi connectivity index (χ1n) is 9.31. The molecule has 0 aliphatic carbocycles. The van der Waals surface area contributed by atoms with Crippen molar-refractivity contribution in [3.8, 4) is 0 Å². The molecule has 0 radical (unpaired) electrons. The van der Waals surface area contributed by atoms with E-state index in [1.807, 2.05) is 44.5 Å². The number of amides is 1. The Balaban J connectivity index is 0.00000210. The number of aromatic nitrogens is 2. The number of anilines is 1. The topological polar surface area (TPSA) is 62.2 Å². The zero-order valence-corrected chi connectivity index (χ0v) is 18.9. The van der Waals surface area contributed by atoms with Crippen LogP contribution in [0.2, 0.25) is 0 Å². The van der Waals surface area contributed by atoms with E-state index in [1.54, 1.807) is 12.1 Å². The van der Waals surface area contributed by atoms with Crippen LogP contribution in [0.25, 0.3) is 0 Å². The number of hydrogen-bond acceptors (Lipinski definition) is 4. The molecule has 2 N–H and O–H groups in total. The quantitative estimate of drug-likeness (QED) is 0.755. The van der Waals surface area contributed by atoms with E-state index in [4.69, 9.17) is 0 Å². The van der Waals surface area contributed by atoms with Gasteiger partial charge in [0.05, 0.1) is 17.8 Å². The number of nitrogens with zero attached hydrogens (tertiary/aromatic N) is 3. The van der Waals surface area contributed by atoms with Crippen molar-refractivity contribution in [2.45, 2.75) is 39.3 Å². The Hall–Kier alpha value is -1.67. The van der Waals surface area contributed by atoms with Crippen molar-refractivity contribution in [2.75, 3.05) is 31.5 Å². The normalized spacial score (nSPS) is 17.2. The summed E-state index contributed by atoms with van der Waals surface area (Å²) in [5.41, 5.74) is 1.52. The molecule has 1 aromatic carbocycles. The van der Waals surface area contributed by atoms with Crippen molar-refractivity contribution >= 4 is 36.5 Å². The molecule has 1 atom stereocenters. The Morgan fingerprint density at radius 1 is 1.31 bits per heavy atom. The van der Waals surface area contributed by atoms with E-state index in [9.17, 15) is 9.18 Å². The first-order valence-corrected chi connectivity index (χ1v) is 9.31. The molecule has 6 nitrogen and oxygen atoms in total. The smallest absolute Gasteiger partial charge is 0.239 e. The van der Waals surface area contributed by atoms with E-state index in [0.29, 0.717) is 12.4 Å². The maximum Gasteiger partial charge on any atom is 0.239 e. The molecule has 0 spiro atoms. The van der Waals surface area contributed by atoms with Crippen molar-refractivity contribution in [1.82, 2.24) is 20.0 Å². The number of piperazine rings is 1. The molecule has 1 aliphatic heterocycles. The second-order valence-electron chi connectivity index (χ2n) is 8.05. The lowest BCUT2D eigenvalue weighted by Gasteiger charge is -2.36. The molecule has 1 aliphatic rings. The second kappa shape index (κ2) is 10.4. The Kier molecular flexibility index (Phi) is 9.09. The predicted octanol–water partition coefficient (Wildman–Crippen LogP) is 3.51. The van der Waals surface area contributed by atoms with E-state index in [-0.39, 0.29) is 54.7 Å². The van der Waals surface area contributed by atoms with Crippen LogP contribution in [0.15, 0.2) is 30.3 Å². The summed E-state index contributed by atoms with van der Waals surface area (Å²) in [7, 11) is 0. The molecule has 162 valence electrons. The lowest BCUT2D eigenvalue weighted by molar-refractivity contribution is -0.118. The standard InChI is InChI=1S/C20H28FN5O.2ClH/c1-14-10-18(26(24-14)20(2,3)4)23-19(27)13-25-9-8-22-12-17(25)15-6-5-7-16(21)11-15;;/h5-7,10-11,17,22H,8-9,12-13H2,1-4H3,(H,23,27);2*1H. The molecular formula is C20H30Cl2FN5O. The zero-order valence-electron chi connectivity index (χ0n) is 17.2. The van der Waals surface area contributed by atoms with E-state index in [1.165, 1.54) is 6.07 Å². The second-order valence-corrected chi connectivity index (χ2v) is 8.05. The van der Waals surface area contributed by atoms with Crippen LogP contribution in [0.1, 0.15) is 38.1 Å². The number of benzene rings is 1. The summed E-state index contributed by atoms with van der Waals surface area (Å²) in [6.45, 7) is 10.5. The molecule has 1 unspecified atom stereocenters. The van der Waals surface area contributed by atoms with Gasteiger partial charge in [0.1, 0.15) is 11.6 Å². The predicted molar refractivity (Wildman–Crippen MR) is 119 cm³/mol. The maximum absolute atomic E-state index is 13.6. The summed E-state index contributed by atoms with van der Waals surface area (Å²) in [5.74, 6) is 0.346. The minimum Gasteiger partial charge on any atom is -0.314 e. The largest absolute Gasteiger partial charge is 0.314 e. The van der Waals surface area contributed by atoms with Crippen molar-refractivity contribution in [3.63, 3.8) is 0 Å². The van der Waals surface area contributed by atoms with Gasteiger partial charge in [-0.15, -0.1) is 24.8 Å². The summed E-state index contributed by atoms with van der Waals surface area (Å²) in [5, 5.41) is 10.8. The van der Waals surface area contributed by atoms with E-state index >= 15 is 0 Å². The summed E-state index contributed by atoms with van der Waals surface area (Å²) in [6.07, 6.45) is 0. The van der Waals surface area contributed by atoms with E-state index in [0.717, 1.165) is 24.3 Å². The number of carbonyl (C=O) groups is 1. The molecule has 0 saturated carbocycles. The van der Waals surface area contributed by atoms with Gasteiger partial charge in [0.15, 0.2) is 0 Å². The van der Waals surface area contributed by atoms with Gasteiger partial charge >= 0.3 is 0 Å².